The molecule has 0 spiro atoms. The van der Waals surface area contributed by atoms with E-state index in [1.807, 2.05) is 36.7 Å². The summed E-state index contributed by atoms with van der Waals surface area (Å²) in [7, 11) is 0. The fraction of sp³-hybridized carbons (Fsp3) is 0.105. The second-order valence-electron chi connectivity index (χ2n) is 5.31. The molecule has 0 saturated heterocycles. The average molecular weight is 364 g/mol. The molecular weight excluding hydrogens is 348 g/mol. The number of benzene rings is 2. The summed E-state index contributed by atoms with van der Waals surface area (Å²) in [5.74, 6) is 0. The third-order valence-electron chi connectivity index (χ3n) is 3.53. The third kappa shape index (κ3) is 4.27. The first-order chi connectivity index (χ1) is 12.2. The van der Waals surface area contributed by atoms with Crippen LogP contribution in [0.3, 0.4) is 0 Å². The Morgan fingerprint density at radius 2 is 2.00 bits per heavy atom. The lowest BCUT2D eigenvalue weighted by molar-refractivity contribution is 1.28. The summed E-state index contributed by atoms with van der Waals surface area (Å²) in [5.41, 5.74) is 5.13. The van der Waals surface area contributed by atoms with Crippen molar-refractivity contribution in [3.8, 4) is 28.0 Å². The van der Waals surface area contributed by atoms with E-state index >= 15 is 0 Å². The van der Waals surface area contributed by atoms with Crippen LogP contribution in [0.5, 0.6) is 0 Å². The molecule has 0 atom stereocenters. The van der Waals surface area contributed by atoms with Gasteiger partial charge in [0.05, 0.1) is 11.4 Å². The van der Waals surface area contributed by atoms with Crippen LogP contribution in [0.25, 0.3) is 21.8 Å². The minimum Gasteiger partial charge on any atom is -0.271 e. The standard InChI is InChI=1S/C19H16N4S2/c1-13-6-8-14(9-7-13)17-11-25-18(23-17)15-4-3-5-16(10-15)22-19(24-2)21-12-20/h3-11H,1-2H3,(H,21,22). The van der Waals surface area contributed by atoms with Crippen molar-refractivity contribution >= 4 is 34.0 Å². The van der Waals surface area contributed by atoms with Crippen LogP contribution in [0.2, 0.25) is 0 Å². The van der Waals surface area contributed by atoms with E-state index in [2.05, 4.69) is 46.9 Å². The monoisotopic (exact) mass is 364 g/mol. The first-order valence-corrected chi connectivity index (χ1v) is 9.71. The molecule has 1 aromatic heterocycles. The van der Waals surface area contributed by atoms with Crippen molar-refractivity contribution in [2.45, 2.75) is 6.92 Å². The number of thiazole rings is 1. The molecule has 0 saturated carbocycles. The van der Waals surface area contributed by atoms with E-state index in [0.29, 0.717) is 5.17 Å². The van der Waals surface area contributed by atoms with Crippen molar-refractivity contribution in [2.24, 2.45) is 4.99 Å². The number of hydrogen-bond acceptors (Lipinski definition) is 5. The lowest BCUT2D eigenvalue weighted by atomic mass is 10.1. The van der Waals surface area contributed by atoms with Crippen molar-refractivity contribution in [1.29, 1.82) is 5.26 Å². The largest absolute Gasteiger partial charge is 0.271 e. The predicted molar refractivity (Wildman–Crippen MR) is 107 cm³/mol. The van der Waals surface area contributed by atoms with E-state index in [0.717, 1.165) is 27.5 Å². The highest BCUT2D eigenvalue weighted by Crippen LogP contribution is 2.31. The van der Waals surface area contributed by atoms with E-state index in [1.165, 1.54) is 17.3 Å². The van der Waals surface area contributed by atoms with Crippen LogP contribution < -0.4 is 5.32 Å². The molecule has 0 amide bonds. The van der Waals surface area contributed by atoms with Gasteiger partial charge in [-0.3, -0.25) is 5.32 Å². The Hall–Kier alpha value is -2.62. The highest BCUT2D eigenvalue weighted by atomic mass is 32.2. The maximum atomic E-state index is 8.74. The summed E-state index contributed by atoms with van der Waals surface area (Å²) in [6.45, 7) is 2.08. The van der Waals surface area contributed by atoms with E-state index in [-0.39, 0.29) is 0 Å². The van der Waals surface area contributed by atoms with Crippen LogP contribution in [0.15, 0.2) is 58.9 Å². The molecule has 124 valence electrons. The molecule has 0 fully saturated rings. The molecule has 2 aromatic carbocycles. The summed E-state index contributed by atoms with van der Waals surface area (Å²) < 4.78 is 0. The molecule has 0 aliphatic heterocycles. The van der Waals surface area contributed by atoms with Gasteiger partial charge in [0.1, 0.15) is 5.01 Å². The lowest BCUT2D eigenvalue weighted by Crippen LogP contribution is -2.12. The molecule has 0 unspecified atom stereocenters. The Kier molecular flexibility index (Phi) is 5.49. The van der Waals surface area contributed by atoms with Crippen LogP contribution in [0.1, 0.15) is 5.56 Å². The fourth-order valence-corrected chi connectivity index (χ4v) is 3.43. The Morgan fingerprint density at radius 3 is 2.72 bits per heavy atom. The Balaban J connectivity index is 1.89. The smallest absolute Gasteiger partial charge is 0.183 e. The first-order valence-electron chi connectivity index (χ1n) is 7.60. The van der Waals surface area contributed by atoms with E-state index in [1.54, 1.807) is 11.3 Å². The van der Waals surface area contributed by atoms with Crippen LogP contribution in [0, 0.1) is 18.4 Å². The SMILES string of the molecule is CSC(=Nc1cccc(-c2nc(-c3ccc(C)cc3)cs2)c1)NC#N. The van der Waals surface area contributed by atoms with Gasteiger partial charge in [0.2, 0.25) is 0 Å². The molecule has 1 heterocycles. The third-order valence-corrected chi connectivity index (χ3v) is 5.00. The number of thioether (sulfide) groups is 1. The molecule has 0 aliphatic rings. The molecule has 0 bridgehead atoms. The van der Waals surface area contributed by atoms with Crippen molar-refractivity contribution in [2.75, 3.05) is 6.26 Å². The molecule has 3 rings (SSSR count). The van der Waals surface area contributed by atoms with Crippen molar-refractivity contribution in [3.63, 3.8) is 0 Å². The molecule has 4 nitrogen and oxygen atoms in total. The Morgan fingerprint density at radius 1 is 1.20 bits per heavy atom. The highest BCUT2D eigenvalue weighted by Gasteiger charge is 2.07. The van der Waals surface area contributed by atoms with Gasteiger partial charge in [-0.15, -0.1) is 11.3 Å². The van der Waals surface area contributed by atoms with Crippen molar-refractivity contribution < 1.29 is 0 Å². The summed E-state index contributed by atoms with van der Waals surface area (Å²) >= 11 is 3.01. The number of nitrogens with one attached hydrogen (secondary N) is 1. The summed E-state index contributed by atoms with van der Waals surface area (Å²) in [6, 6.07) is 16.2. The summed E-state index contributed by atoms with van der Waals surface area (Å²) in [4.78, 5) is 9.20. The average Bonchev–Trinajstić information content (AvgIpc) is 3.12. The van der Waals surface area contributed by atoms with Gasteiger partial charge in [-0.1, -0.05) is 53.7 Å². The number of hydrogen-bond donors (Lipinski definition) is 1. The van der Waals surface area contributed by atoms with Crippen LogP contribution in [-0.4, -0.2) is 16.4 Å². The molecule has 0 radical (unpaired) electrons. The number of amidine groups is 1. The van der Waals surface area contributed by atoms with Crippen LogP contribution in [0.4, 0.5) is 5.69 Å². The van der Waals surface area contributed by atoms with E-state index < -0.39 is 0 Å². The number of nitriles is 1. The summed E-state index contributed by atoms with van der Waals surface area (Å²) in [5, 5.41) is 14.9. The predicted octanol–water partition coefficient (Wildman–Crippen LogP) is 5.21. The van der Waals surface area contributed by atoms with Gasteiger partial charge >= 0.3 is 0 Å². The maximum Gasteiger partial charge on any atom is 0.183 e. The number of nitrogens with zero attached hydrogens (tertiary/aromatic N) is 3. The van der Waals surface area contributed by atoms with Gasteiger partial charge in [-0.05, 0) is 25.3 Å². The van der Waals surface area contributed by atoms with Gasteiger partial charge < -0.3 is 0 Å². The van der Waals surface area contributed by atoms with Crippen LogP contribution >= 0.6 is 23.1 Å². The van der Waals surface area contributed by atoms with E-state index in [9.17, 15) is 0 Å². The van der Waals surface area contributed by atoms with Gasteiger partial charge in [0.25, 0.3) is 0 Å². The van der Waals surface area contributed by atoms with Gasteiger partial charge in [-0.25, -0.2) is 9.98 Å². The van der Waals surface area contributed by atoms with Crippen molar-refractivity contribution in [3.05, 3.63) is 59.5 Å². The molecule has 6 heteroatoms. The van der Waals surface area contributed by atoms with Gasteiger partial charge in [0, 0.05) is 16.5 Å². The molecule has 1 N–H and O–H groups in total. The van der Waals surface area contributed by atoms with Crippen molar-refractivity contribution in [1.82, 2.24) is 10.3 Å². The maximum absolute atomic E-state index is 8.74. The normalized spacial score (nSPS) is 11.2. The Labute approximate surface area is 155 Å². The fourth-order valence-electron chi connectivity index (χ4n) is 2.26. The number of aliphatic imine (C=N–C) groups is 1. The number of aryl methyl sites for hydroxylation is 1. The van der Waals surface area contributed by atoms with Gasteiger partial charge in [0.15, 0.2) is 11.4 Å². The second kappa shape index (κ2) is 7.97. The molecule has 0 aliphatic carbocycles. The topological polar surface area (TPSA) is 61.1 Å². The molecule has 3 aromatic rings. The number of aromatic nitrogens is 1. The van der Waals surface area contributed by atoms with Gasteiger partial charge in [-0.2, -0.15) is 5.26 Å². The summed E-state index contributed by atoms with van der Waals surface area (Å²) in [6.07, 6.45) is 3.78. The second-order valence-corrected chi connectivity index (χ2v) is 6.97. The van der Waals surface area contributed by atoms with E-state index in [4.69, 9.17) is 10.2 Å². The molecular formula is C19H16N4S2. The minimum atomic E-state index is 0.569. The zero-order valence-corrected chi connectivity index (χ0v) is 15.5. The lowest BCUT2D eigenvalue weighted by Gasteiger charge is -2.02. The zero-order chi connectivity index (χ0) is 17.6. The Bertz CT molecular complexity index is 937. The first kappa shape index (κ1) is 17.2. The minimum absolute atomic E-state index is 0.569. The molecule has 25 heavy (non-hydrogen) atoms. The number of rotatable bonds is 3. The van der Waals surface area contributed by atoms with Crippen LogP contribution in [-0.2, 0) is 0 Å². The highest BCUT2D eigenvalue weighted by molar-refractivity contribution is 8.13. The quantitative estimate of drug-likeness (QED) is 0.300. The zero-order valence-electron chi connectivity index (χ0n) is 13.9.